The third kappa shape index (κ3) is 2.34. The summed E-state index contributed by atoms with van der Waals surface area (Å²) in [7, 11) is 1.88. The Hall–Kier alpha value is -1.16. The second-order valence-corrected chi connectivity index (χ2v) is 5.37. The van der Waals surface area contributed by atoms with E-state index in [4.69, 9.17) is 0 Å². The summed E-state index contributed by atoms with van der Waals surface area (Å²) >= 11 is 4.20. The van der Waals surface area contributed by atoms with Crippen molar-refractivity contribution in [1.82, 2.24) is 9.80 Å². The fourth-order valence-electron chi connectivity index (χ4n) is 2.37. The molecule has 0 saturated carbocycles. The van der Waals surface area contributed by atoms with Gasteiger partial charge in [-0.2, -0.15) is 12.6 Å². The van der Waals surface area contributed by atoms with E-state index in [1.165, 1.54) is 16.7 Å². The molecule has 2 rings (SSSR count). The number of rotatable bonds is 3. The van der Waals surface area contributed by atoms with Crippen molar-refractivity contribution in [2.75, 3.05) is 25.9 Å². The van der Waals surface area contributed by atoms with Crippen LogP contribution in [0.5, 0.6) is 0 Å². The molecule has 98 valence electrons. The zero-order chi connectivity index (χ0) is 13.3. The number of benzene rings is 1. The molecule has 0 bridgehead atoms. The molecule has 1 saturated heterocycles. The van der Waals surface area contributed by atoms with Crippen molar-refractivity contribution >= 4 is 18.7 Å². The first-order chi connectivity index (χ1) is 8.54. The number of amides is 2. The summed E-state index contributed by atoms with van der Waals surface area (Å²) in [5.74, 6) is 0.708. The van der Waals surface area contributed by atoms with E-state index in [-0.39, 0.29) is 12.1 Å². The Labute approximate surface area is 114 Å². The maximum Gasteiger partial charge on any atom is 0.320 e. The van der Waals surface area contributed by atoms with Gasteiger partial charge in [-0.05, 0) is 30.5 Å². The zero-order valence-electron chi connectivity index (χ0n) is 11.2. The van der Waals surface area contributed by atoms with Crippen LogP contribution in [0.2, 0.25) is 0 Å². The predicted molar refractivity (Wildman–Crippen MR) is 77.2 cm³/mol. The molecule has 0 spiro atoms. The van der Waals surface area contributed by atoms with Gasteiger partial charge in [0.15, 0.2) is 0 Å². The van der Waals surface area contributed by atoms with Crippen LogP contribution in [0.4, 0.5) is 4.79 Å². The van der Waals surface area contributed by atoms with Crippen molar-refractivity contribution < 1.29 is 4.79 Å². The van der Waals surface area contributed by atoms with Crippen molar-refractivity contribution in [3.8, 4) is 0 Å². The van der Waals surface area contributed by atoms with Crippen LogP contribution in [0.3, 0.4) is 0 Å². The smallest absolute Gasteiger partial charge is 0.320 e. The molecule has 3 nitrogen and oxygen atoms in total. The van der Waals surface area contributed by atoms with Crippen molar-refractivity contribution in [2.24, 2.45) is 0 Å². The summed E-state index contributed by atoms with van der Waals surface area (Å²) < 4.78 is 0. The van der Waals surface area contributed by atoms with Gasteiger partial charge in [0.05, 0.1) is 6.04 Å². The Morgan fingerprint density at radius 3 is 2.67 bits per heavy atom. The van der Waals surface area contributed by atoms with Gasteiger partial charge in [-0.25, -0.2) is 4.79 Å². The second kappa shape index (κ2) is 5.22. The molecule has 18 heavy (non-hydrogen) atoms. The predicted octanol–water partition coefficient (Wildman–Crippen LogP) is 2.64. The summed E-state index contributed by atoms with van der Waals surface area (Å²) in [4.78, 5) is 15.7. The highest BCUT2D eigenvalue weighted by Crippen LogP contribution is 2.29. The van der Waals surface area contributed by atoms with Crippen molar-refractivity contribution in [3.05, 3.63) is 34.9 Å². The lowest BCUT2D eigenvalue weighted by atomic mass is 10.0. The lowest BCUT2D eigenvalue weighted by Crippen LogP contribution is -2.31. The van der Waals surface area contributed by atoms with Gasteiger partial charge in [-0.15, -0.1) is 0 Å². The van der Waals surface area contributed by atoms with Gasteiger partial charge >= 0.3 is 6.03 Å². The molecule has 1 aromatic carbocycles. The highest BCUT2D eigenvalue weighted by atomic mass is 32.1. The van der Waals surface area contributed by atoms with Crippen LogP contribution in [0, 0.1) is 13.8 Å². The van der Waals surface area contributed by atoms with Crippen LogP contribution in [0.1, 0.15) is 22.7 Å². The monoisotopic (exact) mass is 264 g/mol. The average molecular weight is 264 g/mol. The second-order valence-electron chi connectivity index (χ2n) is 4.92. The Bertz CT molecular complexity index is 461. The molecule has 1 fully saturated rings. The highest BCUT2D eigenvalue weighted by Gasteiger charge is 2.34. The number of nitrogens with zero attached hydrogens (tertiary/aromatic N) is 2. The molecule has 1 unspecified atom stereocenters. The van der Waals surface area contributed by atoms with Gasteiger partial charge in [0.2, 0.25) is 0 Å². The van der Waals surface area contributed by atoms with Gasteiger partial charge in [0.25, 0.3) is 0 Å². The third-order valence-corrected chi connectivity index (χ3v) is 3.92. The van der Waals surface area contributed by atoms with Gasteiger partial charge in [0, 0.05) is 25.9 Å². The van der Waals surface area contributed by atoms with Gasteiger partial charge in [-0.3, -0.25) is 0 Å². The number of hydrogen-bond acceptors (Lipinski definition) is 2. The van der Waals surface area contributed by atoms with E-state index >= 15 is 0 Å². The third-order valence-electron chi connectivity index (χ3n) is 3.72. The minimum Gasteiger partial charge on any atom is -0.321 e. The first-order valence-electron chi connectivity index (χ1n) is 6.24. The van der Waals surface area contributed by atoms with E-state index in [2.05, 4.69) is 44.7 Å². The molecule has 0 aliphatic carbocycles. The summed E-state index contributed by atoms with van der Waals surface area (Å²) in [5, 5.41) is 0. The van der Waals surface area contributed by atoms with E-state index in [0.29, 0.717) is 12.3 Å². The minimum absolute atomic E-state index is 0.104. The summed E-state index contributed by atoms with van der Waals surface area (Å²) in [6.45, 7) is 5.70. The van der Waals surface area contributed by atoms with Crippen molar-refractivity contribution in [3.63, 3.8) is 0 Å². The number of hydrogen-bond donors (Lipinski definition) is 1. The summed E-state index contributed by atoms with van der Waals surface area (Å²) in [5.41, 5.74) is 3.79. The minimum atomic E-state index is 0.104. The molecule has 1 aliphatic heterocycles. The number of carbonyl (C=O) groups is 1. The van der Waals surface area contributed by atoms with Crippen molar-refractivity contribution in [1.29, 1.82) is 0 Å². The normalized spacial score (nSPS) is 19.8. The van der Waals surface area contributed by atoms with Crippen LogP contribution in [0.25, 0.3) is 0 Å². The van der Waals surface area contributed by atoms with Crippen LogP contribution < -0.4 is 0 Å². The molecule has 1 aromatic rings. The SMILES string of the molecule is Cc1ccc(C2CN(CCS)C(=O)N2C)cc1C. The van der Waals surface area contributed by atoms with Gasteiger partial charge < -0.3 is 9.80 Å². The molecule has 2 amide bonds. The first-order valence-corrected chi connectivity index (χ1v) is 6.87. The lowest BCUT2D eigenvalue weighted by molar-refractivity contribution is 0.197. The fraction of sp³-hybridized carbons (Fsp3) is 0.500. The summed E-state index contributed by atoms with van der Waals surface area (Å²) in [6, 6.07) is 6.71. The van der Waals surface area contributed by atoms with E-state index in [1.807, 2.05) is 16.8 Å². The standard InChI is InChI=1S/C14H20N2OS/c1-10-4-5-12(8-11(10)2)13-9-16(6-7-18)14(17)15(13)3/h4-5,8,13,18H,6-7,9H2,1-3H3. The van der Waals surface area contributed by atoms with Crippen LogP contribution in [0.15, 0.2) is 18.2 Å². The van der Waals surface area contributed by atoms with E-state index in [9.17, 15) is 4.79 Å². The quantitative estimate of drug-likeness (QED) is 0.834. The molecular weight excluding hydrogens is 244 g/mol. The molecule has 1 heterocycles. The fourth-order valence-corrected chi connectivity index (χ4v) is 2.62. The molecule has 0 aromatic heterocycles. The van der Waals surface area contributed by atoms with Crippen LogP contribution >= 0.6 is 12.6 Å². The lowest BCUT2D eigenvalue weighted by Gasteiger charge is -2.19. The molecule has 0 N–H and O–H groups in total. The average Bonchev–Trinajstić information content (AvgIpc) is 2.62. The number of aryl methyl sites for hydroxylation is 2. The molecule has 1 atom stereocenters. The highest BCUT2D eigenvalue weighted by molar-refractivity contribution is 7.80. The zero-order valence-corrected chi connectivity index (χ0v) is 12.1. The maximum atomic E-state index is 12.0. The number of thiol groups is 1. The number of carbonyl (C=O) groups excluding carboxylic acids is 1. The van der Waals surface area contributed by atoms with Crippen molar-refractivity contribution in [2.45, 2.75) is 19.9 Å². The van der Waals surface area contributed by atoms with E-state index < -0.39 is 0 Å². The topological polar surface area (TPSA) is 23.6 Å². The Morgan fingerprint density at radius 1 is 1.33 bits per heavy atom. The Morgan fingerprint density at radius 2 is 2.06 bits per heavy atom. The maximum absolute atomic E-state index is 12.0. The number of urea groups is 1. The molecule has 1 aliphatic rings. The molecule has 0 radical (unpaired) electrons. The molecule has 4 heteroatoms. The summed E-state index contributed by atoms with van der Waals surface area (Å²) in [6.07, 6.45) is 0. The van der Waals surface area contributed by atoms with E-state index in [0.717, 1.165) is 6.54 Å². The Kier molecular flexibility index (Phi) is 3.85. The first kappa shape index (κ1) is 13.3. The Balaban J connectivity index is 2.23. The molecular formula is C14H20N2OS. The van der Waals surface area contributed by atoms with E-state index in [1.54, 1.807) is 0 Å². The largest absolute Gasteiger partial charge is 0.321 e. The van der Waals surface area contributed by atoms with Crippen LogP contribution in [-0.2, 0) is 0 Å². The number of likely N-dealkylation sites (N-methyl/N-ethyl adjacent to an activating group) is 1. The van der Waals surface area contributed by atoms with Gasteiger partial charge in [0.1, 0.15) is 0 Å². The van der Waals surface area contributed by atoms with Gasteiger partial charge in [-0.1, -0.05) is 18.2 Å². The van der Waals surface area contributed by atoms with Crippen LogP contribution in [-0.4, -0.2) is 41.7 Å².